The quantitative estimate of drug-likeness (QED) is 0.549. The van der Waals surface area contributed by atoms with E-state index in [-0.39, 0.29) is 0 Å². The topological polar surface area (TPSA) is 6.48 Å². The summed E-state index contributed by atoms with van der Waals surface area (Å²) in [6.45, 7) is 4.78. The number of rotatable bonds is 6. The highest BCUT2D eigenvalue weighted by Crippen LogP contribution is 1.96. The van der Waals surface area contributed by atoms with Crippen LogP contribution in [0.4, 0.5) is 0 Å². The summed E-state index contributed by atoms with van der Waals surface area (Å²) in [5.74, 6) is 0. The predicted octanol–water partition coefficient (Wildman–Crippen LogP) is 0.186. The van der Waals surface area contributed by atoms with Gasteiger partial charge in [0.05, 0.1) is 27.2 Å². The lowest BCUT2D eigenvalue weighted by molar-refractivity contribution is -0.889. The van der Waals surface area contributed by atoms with Gasteiger partial charge in [-0.1, -0.05) is 0 Å². The molecule has 3 heteroatoms. The van der Waals surface area contributed by atoms with Gasteiger partial charge in [0.25, 0.3) is 0 Å². The SMILES string of the molecule is CN(C)CC[N+](C)(C)CCN(C)C. The van der Waals surface area contributed by atoms with E-state index in [0.29, 0.717) is 0 Å². The van der Waals surface area contributed by atoms with Crippen molar-refractivity contribution >= 4 is 0 Å². The molecule has 0 N–H and O–H groups in total. The van der Waals surface area contributed by atoms with Crippen molar-refractivity contribution in [3.63, 3.8) is 0 Å². The molecule has 0 atom stereocenters. The fourth-order valence-corrected chi connectivity index (χ4v) is 1.05. The standard InChI is InChI=1S/C10H26N3/c1-11(2)7-9-13(5,6)10-8-12(3)4/h7-10H2,1-6H3/q+1. The lowest BCUT2D eigenvalue weighted by atomic mass is 10.4. The van der Waals surface area contributed by atoms with Gasteiger partial charge in [-0.3, -0.25) is 0 Å². The first-order valence-electron chi connectivity index (χ1n) is 4.95. The highest BCUT2D eigenvalue weighted by Gasteiger charge is 2.14. The van der Waals surface area contributed by atoms with Crippen LogP contribution in [0.2, 0.25) is 0 Å². The van der Waals surface area contributed by atoms with Gasteiger partial charge in [0.15, 0.2) is 0 Å². The molecule has 0 fully saturated rings. The maximum absolute atomic E-state index is 2.30. The van der Waals surface area contributed by atoms with E-state index in [1.54, 1.807) is 0 Å². The van der Waals surface area contributed by atoms with Gasteiger partial charge in [-0.2, -0.15) is 0 Å². The summed E-state index contributed by atoms with van der Waals surface area (Å²) in [7, 11) is 13.1. The van der Waals surface area contributed by atoms with Gasteiger partial charge in [-0.05, 0) is 28.2 Å². The molecule has 0 unspecified atom stereocenters. The Balaban J connectivity index is 3.66. The van der Waals surface area contributed by atoms with Crippen LogP contribution in [0.1, 0.15) is 0 Å². The van der Waals surface area contributed by atoms with E-state index in [1.165, 1.54) is 26.2 Å². The maximum atomic E-state index is 2.30. The van der Waals surface area contributed by atoms with Crippen molar-refractivity contribution in [3.05, 3.63) is 0 Å². The third-order valence-electron chi connectivity index (χ3n) is 2.31. The Kier molecular flexibility index (Phi) is 5.53. The van der Waals surface area contributed by atoms with Crippen LogP contribution in [0.25, 0.3) is 0 Å². The Hall–Kier alpha value is -0.120. The second-order valence-electron chi connectivity index (χ2n) is 4.99. The smallest absolute Gasteiger partial charge is 0.0911 e. The average Bonchev–Trinajstić information content (AvgIpc) is 1.98. The van der Waals surface area contributed by atoms with Crippen molar-refractivity contribution in [1.29, 1.82) is 0 Å². The average molecular weight is 188 g/mol. The van der Waals surface area contributed by atoms with Gasteiger partial charge >= 0.3 is 0 Å². The molecule has 80 valence electrons. The Morgan fingerprint density at radius 3 is 1.31 bits per heavy atom. The first-order chi connectivity index (χ1) is 5.83. The summed E-state index contributed by atoms with van der Waals surface area (Å²) in [5.41, 5.74) is 0. The lowest BCUT2D eigenvalue weighted by Gasteiger charge is -2.32. The van der Waals surface area contributed by atoms with E-state index in [2.05, 4.69) is 52.1 Å². The predicted molar refractivity (Wildman–Crippen MR) is 59.0 cm³/mol. The normalized spacial score (nSPS) is 12.9. The fourth-order valence-electron chi connectivity index (χ4n) is 1.05. The summed E-state index contributed by atoms with van der Waals surface area (Å²) < 4.78 is 1.11. The Morgan fingerprint density at radius 2 is 1.08 bits per heavy atom. The van der Waals surface area contributed by atoms with E-state index < -0.39 is 0 Å². The van der Waals surface area contributed by atoms with Gasteiger partial charge in [0.2, 0.25) is 0 Å². The second kappa shape index (κ2) is 5.58. The second-order valence-corrected chi connectivity index (χ2v) is 4.99. The van der Waals surface area contributed by atoms with E-state index in [1.807, 2.05) is 0 Å². The maximum Gasteiger partial charge on any atom is 0.0911 e. The van der Waals surface area contributed by atoms with Gasteiger partial charge in [0.1, 0.15) is 0 Å². The van der Waals surface area contributed by atoms with Crippen molar-refractivity contribution in [3.8, 4) is 0 Å². The minimum atomic E-state index is 1.11. The summed E-state index contributed by atoms with van der Waals surface area (Å²) >= 11 is 0. The summed E-state index contributed by atoms with van der Waals surface area (Å²) in [6, 6.07) is 0. The molecule has 13 heavy (non-hydrogen) atoms. The molecule has 0 amide bonds. The van der Waals surface area contributed by atoms with Crippen molar-refractivity contribution in [2.45, 2.75) is 0 Å². The van der Waals surface area contributed by atoms with Crippen molar-refractivity contribution in [2.24, 2.45) is 0 Å². The molecule has 3 nitrogen and oxygen atoms in total. The van der Waals surface area contributed by atoms with Crippen molar-refractivity contribution in [1.82, 2.24) is 9.80 Å². The van der Waals surface area contributed by atoms with Gasteiger partial charge in [-0.15, -0.1) is 0 Å². The first-order valence-corrected chi connectivity index (χ1v) is 4.95. The number of quaternary nitrogens is 1. The molecular formula is C10H26N3+. The molecule has 0 spiro atoms. The molecule has 0 rings (SSSR count). The molecular weight excluding hydrogens is 162 g/mol. The van der Waals surface area contributed by atoms with Crippen molar-refractivity contribution in [2.75, 3.05) is 68.5 Å². The highest BCUT2D eigenvalue weighted by molar-refractivity contribution is 4.45. The van der Waals surface area contributed by atoms with Crippen LogP contribution < -0.4 is 0 Å². The molecule has 0 aliphatic carbocycles. The molecule has 0 aromatic rings. The van der Waals surface area contributed by atoms with Crippen LogP contribution >= 0.6 is 0 Å². The third kappa shape index (κ3) is 8.22. The lowest BCUT2D eigenvalue weighted by Crippen LogP contribution is -2.47. The van der Waals surface area contributed by atoms with E-state index in [4.69, 9.17) is 0 Å². The van der Waals surface area contributed by atoms with Crippen LogP contribution in [-0.4, -0.2) is 82.7 Å². The molecule has 0 aromatic heterocycles. The van der Waals surface area contributed by atoms with Gasteiger partial charge in [0, 0.05) is 13.1 Å². The zero-order valence-electron chi connectivity index (χ0n) is 10.2. The third-order valence-corrected chi connectivity index (χ3v) is 2.31. The summed E-state index contributed by atoms with van der Waals surface area (Å²) in [5, 5.41) is 0. The fraction of sp³-hybridized carbons (Fsp3) is 1.00. The van der Waals surface area contributed by atoms with E-state index in [0.717, 1.165) is 4.48 Å². The highest BCUT2D eigenvalue weighted by atomic mass is 15.3. The molecule has 0 aromatic carbocycles. The zero-order valence-corrected chi connectivity index (χ0v) is 10.2. The molecule has 0 aliphatic heterocycles. The minimum Gasteiger partial charge on any atom is -0.326 e. The number of likely N-dealkylation sites (N-methyl/N-ethyl adjacent to an activating group) is 3. The molecule has 0 saturated carbocycles. The van der Waals surface area contributed by atoms with Crippen LogP contribution in [0, 0.1) is 0 Å². The Labute approximate surface area is 83.5 Å². The molecule has 0 bridgehead atoms. The van der Waals surface area contributed by atoms with E-state index in [9.17, 15) is 0 Å². The van der Waals surface area contributed by atoms with Crippen LogP contribution in [0.3, 0.4) is 0 Å². The van der Waals surface area contributed by atoms with E-state index >= 15 is 0 Å². The Bertz CT molecular complexity index is 116. The molecule has 0 heterocycles. The largest absolute Gasteiger partial charge is 0.326 e. The molecule has 0 aliphatic rings. The van der Waals surface area contributed by atoms with Gasteiger partial charge in [-0.25, -0.2) is 0 Å². The molecule has 0 radical (unpaired) electrons. The summed E-state index contributed by atoms with van der Waals surface area (Å²) in [6.07, 6.45) is 0. The van der Waals surface area contributed by atoms with Crippen LogP contribution in [0.15, 0.2) is 0 Å². The van der Waals surface area contributed by atoms with Gasteiger partial charge < -0.3 is 14.3 Å². The molecule has 0 saturated heterocycles. The first kappa shape index (κ1) is 12.9. The Morgan fingerprint density at radius 1 is 0.769 bits per heavy atom. The van der Waals surface area contributed by atoms with Crippen molar-refractivity contribution < 1.29 is 4.48 Å². The zero-order chi connectivity index (χ0) is 10.5. The monoisotopic (exact) mass is 188 g/mol. The number of hydrogen-bond acceptors (Lipinski definition) is 2. The van der Waals surface area contributed by atoms with Crippen LogP contribution in [0.5, 0.6) is 0 Å². The number of nitrogens with zero attached hydrogens (tertiary/aromatic N) is 3. The number of hydrogen-bond donors (Lipinski definition) is 0. The summed E-state index contributed by atoms with van der Waals surface area (Å²) in [4.78, 5) is 4.49. The minimum absolute atomic E-state index is 1.11. The van der Waals surface area contributed by atoms with Crippen LogP contribution in [-0.2, 0) is 0 Å².